The molecule has 124 valence electrons. The number of carbonyl (C=O) groups is 3. The Labute approximate surface area is 148 Å². The first-order valence-electron chi connectivity index (χ1n) is 7.13. The second kappa shape index (κ2) is 6.03. The molecule has 8 heteroatoms. The first-order chi connectivity index (χ1) is 11.4. The molecule has 2 aliphatic rings. The summed E-state index contributed by atoms with van der Waals surface area (Å²) in [6, 6.07) is 6.41. The van der Waals surface area contributed by atoms with Crippen molar-refractivity contribution in [2.24, 2.45) is 0 Å². The van der Waals surface area contributed by atoms with E-state index in [1.165, 1.54) is 16.9 Å². The molecule has 2 heterocycles. The Hall–Kier alpha value is -2.19. The lowest BCUT2D eigenvalue weighted by Crippen LogP contribution is -2.42. The second-order valence-electron chi connectivity index (χ2n) is 5.33. The summed E-state index contributed by atoms with van der Waals surface area (Å²) in [4.78, 5) is 40.1. The van der Waals surface area contributed by atoms with Crippen LogP contribution in [0, 0.1) is 0 Å². The average Bonchev–Trinajstić information content (AvgIpc) is 3.00. The molecule has 2 amide bonds. The predicted molar refractivity (Wildman–Crippen MR) is 95.3 cm³/mol. The predicted octanol–water partition coefficient (Wildman–Crippen LogP) is 1.80. The van der Waals surface area contributed by atoms with Gasteiger partial charge in [0.25, 0.3) is 11.8 Å². The van der Waals surface area contributed by atoms with E-state index in [1.54, 1.807) is 20.0 Å². The van der Waals surface area contributed by atoms with E-state index in [9.17, 15) is 14.4 Å². The maximum atomic E-state index is 12.8. The Morgan fingerprint density at radius 2 is 1.92 bits per heavy atom. The maximum absolute atomic E-state index is 12.8. The number of fused-ring (bicyclic) bond motifs is 1. The molecule has 0 aliphatic carbocycles. The number of ether oxygens (including phenoxy) is 1. The minimum absolute atomic E-state index is 0.236. The molecule has 0 unspecified atom stereocenters. The quantitative estimate of drug-likeness (QED) is 0.454. The van der Waals surface area contributed by atoms with Gasteiger partial charge >= 0.3 is 5.97 Å². The van der Waals surface area contributed by atoms with Crippen LogP contribution >= 0.6 is 24.0 Å². The summed E-state index contributed by atoms with van der Waals surface area (Å²) >= 11 is 6.28. The normalized spacial score (nSPS) is 21.4. The van der Waals surface area contributed by atoms with Crippen molar-refractivity contribution in [3.63, 3.8) is 0 Å². The molecular weight excluding hydrogens is 348 g/mol. The SMILES string of the molecule is COC(=O)[C@@H](C)N1C(=O)/C(=C2/C(=O)N(C)c3ccccc32)SC1=S. The summed E-state index contributed by atoms with van der Waals surface area (Å²) in [5.41, 5.74) is 1.75. The van der Waals surface area contributed by atoms with Crippen LogP contribution < -0.4 is 4.90 Å². The van der Waals surface area contributed by atoms with Crippen molar-refractivity contribution in [2.75, 3.05) is 19.1 Å². The molecule has 2 aliphatic heterocycles. The van der Waals surface area contributed by atoms with E-state index < -0.39 is 17.9 Å². The van der Waals surface area contributed by atoms with Crippen molar-refractivity contribution in [1.82, 2.24) is 4.90 Å². The number of anilines is 1. The zero-order valence-electron chi connectivity index (χ0n) is 13.2. The Kier molecular flexibility index (Phi) is 4.18. The Balaban J connectivity index is 2.09. The number of nitrogens with zero attached hydrogens (tertiary/aromatic N) is 2. The molecule has 0 aromatic heterocycles. The number of benzene rings is 1. The van der Waals surface area contributed by atoms with Gasteiger partial charge in [-0.25, -0.2) is 4.79 Å². The third-order valence-corrected chi connectivity index (χ3v) is 5.41. The van der Waals surface area contributed by atoms with E-state index in [-0.39, 0.29) is 15.1 Å². The highest BCUT2D eigenvalue weighted by Crippen LogP contribution is 2.44. The summed E-state index contributed by atoms with van der Waals surface area (Å²) < 4.78 is 4.92. The lowest BCUT2D eigenvalue weighted by molar-refractivity contribution is -0.147. The molecule has 1 saturated heterocycles. The lowest BCUT2D eigenvalue weighted by Gasteiger charge is -2.20. The number of hydrogen-bond acceptors (Lipinski definition) is 6. The topological polar surface area (TPSA) is 66.9 Å². The molecular formula is C16H14N2O4S2. The van der Waals surface area contributed by atoms with Gasteiger partial charge in [0, 0.05) is 12.6 Å². The molecule has 1 aromatic rings. The van der Waals surface area contributed by atoms with Gasteiger partial charge in [-0.3, -0.25) is 14.5 Å². The zero-order valence-corrected chi connectivity index (χ0v) is 14.9. The van der Waals surface area contributed by atoms with Crippen molar-refractivity contribution in [2.45, 2.75) is 13.0 Å². The van der Waals surface area contributed by atoms with E-state index in [2.05, 4.69) is 4.74 Å². The van der Waals surface area contributed by atoms with Gasteiger partial charge in [-0.1, -0.05) is 42.2 Å². The van der Waals surface area contributed by atoms with Crippen LogP contribution in [0.3, 0.4) is 0 Å². The van der Waals surface area contributed by atoms with Crippen molar-refractivity contribution in [3.8, 4) is 0 Å². The van der Waals surface area contributed by atoms with Crippen LogP contribution in [-0.4, -0.2) is 47.2 Å². The highest BCUT2D eigenvalue weighted by Gasteiger charge is 2.44. The summed E-state index contributed by atoms with van der Waals surface area (Å²) in [6.45, 7) is 1.54. The Bertz CT molecular complexity index is 818. The van der Waals surface area contributed by atoms with Crippen LogP contribution in [-0.2, 0) is 19.1 Å². The number of para-hydroxylation sites is 1. The number of carbonyl (C=O) groups excluding carboxylic acids is 3. The van der Waals surface area contributed by atoms with Crippen molar-refractivity contribution >= 4 is 57.3 Å². The number of methoxy groups -OCH3 is 1. The van der Waals surface area contributed by atoms with Crippen LogP contribution in [0.25, 0.3) is 5.57 Å². The number of rotatable bonds is 2. The second-order valence-corrected chi connectivity index (χ2v) is 6.97. The first-order valence-corrected chi connectivity index (χ1v) is 8.36. The van der Waals surface area contributed by atoms with Gasteiger partial charge in [-0.05, 0) is 13.0 Å². The number of amides is 2. The minimum atomic E-state index is -0.843. The first kappa shape index (κ1) is 16.7. The van der Waals surface area contributed by atoms with Gasteiger partial charge in [-0.15, -0.1) is 0 Å². The molecule has 1 aromatic carbocycles. The van der Waals surface area contributed by atoms with Crippen LogP contribution in [0.15, 0.2) is 29.2 Å². The monoisotopic (exact) mass is 362 g/mol. The minimum Gasteiger partial charge on any atom is -0.467 e. The van der Waals surface area contributed by atoms with Gasteiger partial charge < -0.3 is 9.64 Å². The van der Waals surface area contributed by atoms with E-state index in [1.807, 2.05) is 18.2 Å². The lowest BCUT2D eigenvalue weighted by atomic mass is 10.1. The van der Waals surface area contributed by atoms with Gasteiger partial charge in [0.05, 0.1) is 23.3 Å². The van der Waals surface area contributed by atoms with Gasteiger partial charge in [0.1, 0.15) is 10.4 Å². The third kappa shape index (κ3) is 2.33. The molecule has 0 saturated carbocycles. The number of hydrogen-bond donors (Lipinski definition) is 0. The van der Waals surface area contributed by atoms with Crippen LogP contribution in [0.2, 0.25) is 0 Å². The van der Waals surface area contributed by atoms with Gasteiger partial charge in [0.2, 0.25) is 0 Å². The number of likely N-dealkylation sites (N-methyl/N-ethyl adjacent to an activating group) is 1. The number of thiocarbonyl (C=S) groups is 1. The van der Waals surface area contributed by atoms with E-state index in [4.69, 9.17) is 12.2 Å². The molecule has 0 N–H and O–H groups in total. The number of thioether (sulfide) groups is 1. The molecule has 1 fully saturated rings. The van der Waals surface area contributed by atoms with Crippen LogP contribution in [0.4, 0.5) is 5.69 Å². The maximum Gasteiger partial charge on any atom is 0.328 e. The molecule has 3 rings (SSSR count). The summed E-state index contributed by atoms with van der Waals surface area (Å²) in [5, 5.41) is 0. The molecule has 24 heavy (non-hydrogen) atoms. The molecule has 0 bridgehead atoms. The van der Waals surface area contributed by atoms with Crippen molar-refractivity contribution in [3.05, 3.63) is 34.7 Å². The summed E-state index contributed by atoms with van der Waals surface area (Å²) in [5.74, 6) is -1.27. The van der Waals surface area contributed by atoms with E-state index >= 15 is 0 Å². The van der Waals surface area contributed by atoms with E-state index in [0.717, 1.165) is 17.4 Å². The van der Waals surface area contributed by atoms with Crippen molar-refractivity contribution < 1.29 is 19.1 Å². The molecule has 1 atom stereocenters. The fourth-order valence-corrected chi connectivity index (χ4v) is 4.22. The largest absolute Gasteiger partial charge is 0.467 e. The van der Waals surface area contributed by atoms with E-state index in [0.29, 0.717) is 11.1 Å². The van der Waals surface area contributed by atoms with Gasteiger partial charge in [0.15, 0.2) is 0 Å². The zero-order chi connectivity index (χ0) is 17.6. The summed E-state index contributed by atoms with van der Waals surface area (Å²) in [7, 11) is 2.91. The van der Waals surface area contributed by atoms with Gasteiger partial charge in [-0.2, -0.15) is 0 Å². The summed E-state index contributed by atoms with van der Waals surface area (Å²) in [6.07, 6.45) is 0. The third-order valence-electron chi connectivity index (χ3n) is 4.01. The Morgan fingerprint density at radius 3 is 2.58 bits per heavy atom. The fourth-order valence-electron chi connectivity index (χ4n) is 2.73. The number of esters is 1. The molecule has 0 spiro atoms. The highest BCUT2D eigenvalue weighted by atomic mass is 32.2. The molecule has 6 nitrogen and oxygen atoms in total. The average molecular weight is 362 g/mol. The highest BCUT2D eigenvalue weighted by molar-refractivity contribution is 8.26. The van der Waals surface area contributed by atoms with Crippen molar-refractivity contribution in [1.29, 1.82) is 0 Å². The fraction of sp³-hybridized carbons (Fsp3) is 0.250. The van der Waals surface area contributed by atoms with Crippen LogP contribution in [0.1, 0.15) is 12.5 Å². The Morgan fingerprint density at radius 1 is 1.25 bits per heavy atom. The standard InChI is InChI=1S/C16H14N2O4S2/c1-8(15(21)22-3)18-14(20)12(24-16(18)23)11-9-6-4-5-7-10(9)17(2)13(11)19/h4-8H,1-3H3/b12-11-/t8-/m1/s1. The smallest absolute Gasteiger partial charge is 0.328 e. The molecule has 0 radical (unpaired) electrons. The van der Waals surface area contributed by atoms with Crippen LogP contribution in [0.5, 0.6) is 0 Å².